The molecule has 0 bridgehead atoms. The Labute approximate surface area is 183 Å². The van der Waals surface area contributed by atoms with Crippen molar-refractivity contribution in [2.75, 3.05) is 0 Å². The molecule has 0 fully saturated rings. The van der Waals surface area contributed by atoms with Gasteiger partial charge >= 0.3 is 0 Å². The number of nitrogens with one attached hydrogen (secondary N) is 1. The fourth-order valence-electron chi connectivity index (χ4n) is 3.51. The fourth-order valence-corrected chi connectivity index (χ4v) is 3.51. The number of rotatable bonds is 21. The van der Waals surface area contributed by atoms with Crippen molar-refractivity contribution in [1.29, 1.82) is 0 Å². The van der Waals surface area contributed by atoms with Crippen LogP contribution in [0.15, 0.2) is 0 Å². The predicted octanol–water partition coefficient (Wildman–Crippen LogP) is 4.59. The lowest BCUT2D eigenvalue weighted by Gasteiger charge is -2.13. The summed E-state index contributed by atoms with van der Waals surface area (Å²) in [5.74, 6) is -0.308. The molecule has 0 saturated heterocycles. The predicted molar refractivity (Wildman–Crippen MR) is 120 cm³/mol. The average molecular weight is 428 g/mol. The SMILES string of the molecule is CC(=O)CCCCCCCCCCCCCCCC(=O)NC(C)CCC(=O)C(O)O. The molecule has 30 heavy (non-hydrogen) atoms. The molecule has 0 aromatic carbocycles. The molecule has 1 amide bonds. The third kappa shape index (κ3) is 20.0. The highest BCUT2D eigenvalue weighted by atomic mass is 16.5. The highest BCUT2D eigenvalue weighted by Crippen LogP contribution is 2.13. The van der Waals surface area contributed by atoms with E-state index in [2.05, 4.69) is 5.32 Å². The van der Waals surface area contributed by atoms with E-state index in [-0.39, 0.29) is 18.4 Å². The number of aliphatic hydroxyl groups is 2. The van der Waals surface area contributed by atoms with Gasteiger partial charge in [0.05, 0.1) is 0 Å². The minimum absolute atomic E-state index is 0.000731. The van der Waals surface area contributed by atoms with Crippen LogP contribution in [0.3, 0.4) is 0 Å². The Balaban J connectivity index is 3.34. The molecule has 1 atom stereocenters. The summed E-state index contributed by atoms with van der Waals surface area (Å²) in [6, 6.07) is -0.138. The van der Waals surface area contributed by atoms with Crippen LogP contribution in [0.5, 0.6) is 0 Å². The molecule has 0 aromatic rings. The lowest BCUT2D eigenvalue weighted by molar-refractivity contribution is -0.145. The summed E-state index contributed by atoms with van der Waals surface area (Å²) < 4.78 is 0. The minimum atomic E-state index is -1.91. The average Bonchev–Trinajstić information content (AvgIpc) is 2.68. The summed E-state index contributed by atoms with van der Waals surface area (Å²) in [6.07, 6.45) is 15.4. The second-order valence-corrected chi connectivity index (χ2v) is 8.65. The molecule has 1 unspecified atom stereocenters. The van der Waals surface area contributed by atoms with Crippen molar-refractivity contribution in [2.45, 2.75) is 135 Å². The molecule has 176 valence electrons. The van der Waals surface area contributed by atoms with E-state index in [9.17, 15) is 14.4 Å². The van der Waals surface area contributed by atoms with E-state index < -0.39 is 12.1 Å². The van der Waals surface area contributed by atoms with E-state index in [4.69, 9.17) is 10.2 Å². The molecule has 0 saturated carbocycles. The van der Waals surface area contributed by atoms with Gasteiger partial charge in [0.25, 0.3) is 0 Å². The molecular formula is C24H45NO5. The summed E-state index contributed by atoms with van der Waals surface area (Å²) in [5, 5.41) is 20.3. The summed E-state index contributed by atoms with van der Waals surface area (Å²) in [4.78, 5) is 33.9. The highest BCUT2D eigenvalue weighted by molar-refractivity contribution is 5.81. The first-order valence-corrected chi connectivity index (χ1v) is 12.0. The molecule has 3 N–H and O–H groups in total. The van der Waals surface area contributed by atoms with Gasteiger partial charge in [0.1, 0.15) is 5.78 Å². The number of carbonyl (C=O) groups is 3. The Morgan fingerprint density at radius 1 is 0.667 bits per heavy atom. The molecule has 0 aliphatic carbocycles. The Bertz CT molecular complexity index is 465. The number of hydrogen-bond acceptors (Lipinski definition) is 5. The summed E-state index contributed by atoms with van der Waals surface area (Å²) in [7, 11) is 0. The summed E-state index contributed by atoms with van der Waals surface area (Å²) >= 11 is 0. The fraction of sp³-hybridized carbons (Fsp3) is 0.875. The number of carbonyl (C=O) groups excluding carboxylic acids is 3. The van der Waals surface area contributed by atoms with Gasteiger partial charge in [-0.25, -0.2) is 0 Å². The zero-order valence-corrected chi connectivity index (χ0v) is 19.3. The number of Topliss-reactive ketones (excluding diaryl/α,β-unsaturated/α-hetero) is 2. The molecule has 0 aromatic heterocycles. The van der Waals surface area contributed by atoms with Crippen LogP contribution in [-0.2, 0) is 14.4 Å². The molecule has 0 rings (SSSR count). The van der Waals surface area contributed by atoms with Gasteiger partial charge in [0.15, 0.2) is 5.78 Å². The Morgan fingerprint density at radius 2 is 1.07 bits per heavy atom. The largest absolute Gasteiger partial charge is 0.362 e. The summed E-state index contributed by atoms with van der Waals surface area (Å²) in [5.41, 5.74) is 0. The van der Waals surface area contributed by atoms with Crippen LogP contribution in [0, 0.1) is 0 Å². The molecule has 0 heterocycles. The maximum atomic E-state index is 11.9. The quantitative estimate of drug-likeness (QED) is 0.184. The Hall–Kier alpha value is -1.27. The van der Waals surface area contributed by atoms with E-state index in [1.807, 2.05) is 6.92 Å². The number of hydrogen-bond donors (Lipinski definition) is 3. The Morgan fingerprint density at radius 3 is 1.47 bits per heavy atom. The molecule has 0 radical (unpaired) electrons. The van der Waals surface area contributed by atoms with Crippen LogP contribution in [-0.4, -0.2) is 40.0 Å². The maximum absolute atomic E-state index is 11.9. The van der Waals surface area contributed by atoms with Gasteiger partial charge in [-0.15, -0.1) is 0 Å². The number of amides is 1. The van der Waals surface area contributed by atoms with Crippen LogP contribution in [0.1, 0.15) is 123 Å². The van der Waals surface area contributed by atoms with Crippen LogP contribution in [0.2, 0.25) is 0 Å². The second kappa shape index (κ2) is 19.7. The highest BCUT2D eigenvalue weighted by Gasteiger charge is 2.13. The monoisotopic (exact) mass is 427 g/mol. The van der Waals surface area contributed by atoms with Crippen molar-refractivity contribution < 1.29 is 24.6 Å². The van der Waals surface area contributed by atoms with Crippen LogP contribution >= 0.6 is 0 Å². The molecule has 0 spiro atoms. The standard InChI is InChI=1S/C24H45NO5/c1-20(18-19-22(27)24(29)30)25-23(28)17-15-13-11-9-7-5-3-4-6-8-10-12-14-16-21(2)26/h20,24,29-30H,3-19H2,1-2H3,(H,25,28). The third-order valence-corrected chi connectivity index (χ3v) is 5.45. The van der Waals surface area contributed by atoms with Gasteiger partial charge in [-0.2, -0.15) is 0 Å². The van der Waals surface area contributed by atoms with E-state index >= 15 is 0 Å². The van der Waals surface area contributed by atoms with E-state index in [1.165, 1.54) is 64.2 Å². The van der Waals surface area contributed by atoms with Gasteiger partial charge < -0.3 is 20.3 Å². The van der Waals surface area contributed by atoms with Crippen molar-refractivity contribution in [3.05, 3.63) is 0 Å². The van der Waals surface area contributed by atoms with Crippen molar-refractivity contribution >= 4 is 17.5 Å². The number of aliphatic hydroxyl groups excluding tert-OH is 1. The summed E-state index contributed by atoms with van der Waals surface area (Å²) in [6.45, 7) is 3.49. The molecule has 0 aliphatic rings. The minimum Gasteiger partial charge on any atom is -0.362 e. The second-order valence-electron chi connectivity index (χ2n) is 8.65. The molecular weight excluding hydrogens is 382 g/mol. The first-order chi connectivity index (χ1) is 14.3. The first kappa shape index (κ1) is 28.7. The number of unbranched alkanes of at least 4 members (excludes halogenated alkanes) is 12. The van der Waals surface area contributed by atoms with Crippen molar-refractivity contribution in [1.82, 2.24) is 5.32 Å². The lowest BCUT2D eigenvalue weighted by atomic mass is 10.0. The van der Waals surface area contributed by atoms with Crippen molar-refractivity contribution in [3.63, 3.8) is 0 Å². The maximum Gasteiger partial charge on any atom is 0.220 e. The number of ketones is 2. The van der Waals surface area contributed by atoms with Gasteiger partial charge in [-0.05, 0) is 33.1 Å². The first-order valence-electron chi connectivity index (χ1n) is 12.0. The van der Waals surface area contributed by atoms with Gasteiger partial charge in [0.2, 0.25) is 12.2 Å². The van der Waals surface area contributed by atoms with Crippen LogP contribution in [0.4, 0.5) is 0 Å². The van der Waals surface area contributed by atoms with Gasteiger partial charge in [-0.3, -0.25) is 9.59 Å². The third-order valence-electron chi connectivity index (χ3n) is 5.45. The van der Waals surface area contributed by atoms with E-state index in [0.29, 0.717) is 18.6 Å². The van der Waals surface area contributed by atoms with Crippen molar-refractivity contribution in [2.24, 2.45) is 0 Å². The van der Waals surface area contributed by atoms with Crippen LogP contribution in [0.25, 0.3) is 0 Å². The zero-order valence-electron chi connectivity index (χ0n) is 19.3. The zero-order chi connectivity index (χ0) is 22.6. The Kier molecular flexibility index (Phi) is 18.8. The van der Waals surface area contributed by atoms with Crippen molar-refractivity contribution in [3.8, 4) is 0 Å². The smallest absolute Gasteiger partial charge is 0.220 e. The molecule has 0 aliphatic heterocycles. The normalized spacial score (nSPS) is 12.2. The van der Waals surface area contributed by atoms with Gasteiger partial charge in [0, 0.05) is 25.3 Å². The van der Waals surface area contributed by atoms with Gasteiger partial charge in [-0.1, -0.05) is 70.6 Å². The lowest BCUT2D eigenvalue weighted by Crippen LogP contribution is -2.33. The molecule has 6 nitrogen and oxygen atoms in total. The van der Waals surface area contributed by atoms with E-state index in [0.717, 1.165) is 25.7 Å². The van der Waals surface area contributed by atoms with Crippen LogP contribution < -0.4 is 5.32 Å². The molecule has 6 heteroatoms. The topological polar surface area (TPSA) is 104 Å². The van der Waals surface area contributed by atoms with E-state index in [1.54, 1.807) is 6.92 Å².